The Balaban J connectivity index is 1.44. The van der Waals surface area contributed by atoms with Gasteiger partial charge in [-0.15, -0.1) is 0 Å². The van der Waals surface area contributed by atoms with Gasteiger partial charge in [0.2, 0.25) is 0 Å². The van der Waals surface area contributed by atoms with Crippen molar-refractivity contribution in [1.82, 2.24) is 14.9 Å². The molecule has 0 amide bonds. The van der Waals surface area contributed by atoms with Crippen molar-refractivity contribution in [3.8, 4) is 6.01 Å². The van der Waals surface area contributed by atoms with Crippen molar-refractivity contribution in [2.75, 3.05) is 25.4 Å². The summed E-state index contributed by atoms with van der Waals surface area (Å²) in [6, 6.07) is 10.3. The van der Waals surface area contributed by atoms with Gasteiger partial charge in [0.15, 0.2) is 9.84 Å². The van der Waals surface area contributed by atoms with Crippen molar-refractivity contribution in [2.24, 2.45) is 5.92 Å². The van der Waals surface area contributed by atoms with Gasteiger partial charge >= 0.3 is 6.01 Å². The van der Waals surface area contributed by atoms with Crippen LogP contribution in [0.4, 0.5) is 0 Å². The average Bonchev–Trinajstić information content (AvgIpc) is 2.87. The minimum Gasteiger partial charge on any atom is -0.463 e. The Bertz CT molecular complexity index is 880. The first kappa shape index (κ1) is 17.4. The first-order valence-electron chi connectivity index (χ1n) is 8.89. The lowest BCUT2D eigenvalue weighted by Crippen LogP contribution is -2.67. The van der Waals surface area contributed by atoms with Gasteiger partial charge in [-0.1, -0.05) is 24.3 Å². The zero-order chi connectivity index (χ0) is 18.2. The zero-order valence-corrected chi connectivity index (χ0v) is 15.7. The predicted octanol–water partition coefficient (Wildman–Crippen LogP) is 1.85. The fraction of sp³-hybridized carbons (Fsp3) is 0.474. The molecule has 2 saturated heterocycles. The van der Waals surface area contributed by atoms with Gasteiger partial charge in [0.1, 0.15) is 4.75 Å². The summed E-state index contributed by atoms with van der Waals surface area (Å²) in [5.41, 5.74) is 2.49. The third kappa shape index (κ3) is 2.99. The van der Waals surface area contributed by atoms with Crippen LogP contribution in [0, 0.1) is 12.8 Å². The minimum absolute atomic E-state index is 0.00979. The number of hydrogen-bond acceptors (Lipinski definition) is 6. The van der Waals surface area contributed by atoms with Gasteiger partial charge in [-0.05, 0) is 30.5 Å². The number of benzene rings is 1. The zero-order valence-electron chi connectivity index (χ0n) is 14.8. The van der Waals surface area contributed by atoms with E-state index in [0.29, 0.717) is 32.1 Å². The first-order chi connectivity index (χ1) is 12.5. The van der Waals surface area contributed by atoms with E-state index in [1.54, 1.807) is 18.5 Å². The van der Waals surface area contributed by atoms with E-state index in [2.05, 4.69) is 33.9 Å². The molecule has 0 radical (unpaired) electrons. The van der Waals surface area contributed by atoms with Crippen LogP contribution in [0.2, 0.25) is 0 Å². The second-order valence-corrected chi connectivity index (χ2v) is 9.73. The van der Waals surface area contributed by atoms with Crippen LogP contribution in [0.3, 0.4) is 0 Å². The monoisotopic (exact) mass is 373 g/mol. The van der Waals surface area contributed by atoms with Crippen LogP contribution in [0.5, 0.6) is 6.01 Å². The van der Waals surface area contributed by atoms with E-state index < -0.39 is 14.6 Å². The fourth-order valence-electron chi connectivity index (χ4n) is 4.09. The predicted molar refractivity (Wildman–Crippen MR) is 98.6 cm³/mol. The van der Waals surface area contributed by atoms with Gasteiger partial charge in [-0.3, -0.25) is 4.90 Å². The molecule has 1 aromatic heterocycles. The van der Waals surface area contributed by atoms with Crippen LogP contribution >= 0.6 is 0 Å². The van der Waals surface area contributed by atoms with E-state index in [1.165, 1.54) is 11.1 Å². The first-order valence-corrected chi connectivity index (χ1v) is 10.5. The van der Waals surface area contributed by atoms with Crippen LogP contribution in [0.15, 0.2) is 42.7 Å². The number of hydrogen-bond donors (Lipinski definition) is 0. The maximum atomic E-state index is 12.7. The maximum absolute atomic E-state index is 12.7. The molecule has 0 bridgehead atoms. The van der Waals surface area contributed by atoms with Crippen LogP contribution in [0.1, 0.15) is 17.5 Å². The smallest absolute Gasteiger partial charge is 0.316 e. The van der Waals surface area contributed by atoms with Crippen LogP contribution in [-0.2, 0) is 16.4 Å². The summed E-state index contributed by atoms with van der Waals surface area (Å²) < 4.78 is 30.5. The van der Waals surface area contributed by atoms with Gasteiger partial charge in [0, 0.05) is 37.9 Å². The number of likely N-dealkylation sites (tertiary alicyclic amines) is 1. The van der Waals surface area contributed by atoms with E-state index in [0.717, 1.165) is 6.54 Å². The Morgan fingerprint density at radius 2 is 1.92 bits per heavy atom. The standard InChI is InChI=1S/C19H23N3O3S/c1-15-5-2-3-6-16(15)11-22-13-19(14-22)17(7-10-26(19,23)24)12-25-18-20-8-4-9-21-18/h2-6,8-9,17H,7,10-14H2,1H3. The second-order valence-electron chi connectivity index (χ2n) is 7.28. The highest BCUT2D eigenvalue weighted by molar-refractivity contribution is 7.93. The highest BCUT2D eigenvalue weighted by Crippen LogP contribution is 2.45. The SMILES string of the molecule is Cc1ccccc1CN1CC2(C1)C(COc1ncccn1)CCS2(=O)=O. The molecule has 0 saturated carbocycles. The number of nitrogens with zero attached hydrogens (tertiary/aromatic N) is 3. The van der Waals surface area contributed by atoms with E-state index in [1.807, 2.05) is 12.1 Å². The maximum Gasteiger partial charge on any atom is 0.316 e. The number of sulfone groups is 1. The molecule has 3 heterocycles. The molecule has 26 heavy (non-hydrogen) atoms. The minimum atomic E-state index is -3.10. The van der Waals surface area contributed by atoms with E-state index in [-0.39, 0.29) is 11.7 Å². The third-order valence-electron chi connectivity index (χ3n) is 5.69. The molecule has 1 unspecified atom stereocenters. The summed E-state index contributed by atoms with van der Waals surface area (Å²) in [5.74, 6) is 0.235. The molecule has 6 nitrogen and oxygen atoms in total. The molecule has 1 aromatic carbocycles. The van der Waals surface area contributed by atoms with Crippen LogP contribution in [-0.4, -0.2) is 53.5 Å². The molecule has 2 aromatic rings. The number of ether oxygens (including phenoxy) is 1. The molecule has 0 N–H and O–H groups in total. The molecular weight excluding hydrogens is 350 g/mol. The van der Waals surface area contributed by atoms with Crippen molar-refractivity contribution in [3.63, 3.8) is 0 Å². The second kappa shape index (κ2) is 6.63. The average molecular weight is 373 g/mol. The topological polar surface area (TPSA) is 72.4 Å². The summed E-state index contributed by atoms with van der Waals surface area (Å²) in [6.07, 6.45) is 3.89. The number of aromatic nitrogens is 2. The number of rotatable bonds is 5. The summed E-state index contributed by atoms with van der Waals surface area (Å²) in [4.78, 5) is 10.3. The molecule has 138 valence electrons. The van der Waals surface area contributed by atoms with Gasteiger partial charge in [0.25, 0.3) is 0 Å². The van der Waals surface area contributed by atoms with Gasteiger partial charge < -0.3 is 4.74 Å². The Morgan fingerprint density at radius 1 is 1.19 bits per heavy atom. The van der Waals surface area contributed by atoms with E-state index in [4.69, 9.17) is 4.74 Å². The lowest BCUT2D eigenvalue weighted by Gasteiger charge is -2.50. The molecule has 1 spiro atoms. The summed E-state index contributed by atoms with van der Waals surface area (Å²) in [7, 11) is -3.10. The van der Waals surface area contributed by atoms with Crippen molar-refractivity contribution < 1.29 is 13.2 Å². The molecule has 1 atom stereocenters. The quantitative estimate of drug-likeness (QED) is 0.797. The fourth-order valence-corrected chi connectivity index (χ4v) is 6.55. The third-order valence-corrected chi connectivity index (χ3v) is 8.30. The summed E-state index contributed by atoms with van der Waals surface area (Å²) in [6.45, 7) is 4.38. The highest BCUT2D eigenvalue weighted by atomic mass is 32.2. The van der Waals surface area contributed by atoms with Crippen LogP contribution < -0.4 is 4.74 Å². The normalized spacial score (nSPS) is 23.7. The van der Waals surface area contributed by atoms with Crippen molar-refractivity contribution in [1.29, 1.82) is 0 Å². The van der Waals surface area contributed by atoms with E-state index >= 15 is 0 Å². The Hall–Kier alpha value is -1.99. The Labute approximate surface area is 154 Å². The molecule has 4 rings (SSSR count). The molecular formula is C19H23N3O3S. The summed E-state index contributed by atoms with van der Waals surface area (Å²) in [5, 5.41) is 0. The van der Waals surface area contributed by atoms with Crippen LogP contribution in [0.25, 0.3) is 0 Å². The molecule has 2 aliphatic rings. The molecule has 7 heteroatoms. The Morgan fingerprint density at radius 3 is 2.65 bits per heavy atom. The van der Waals surface area contributed by atoms with Gasteiger partial charge in [-0.2, -0.15) is 0 Å². The lowest BCUT2D eigenvalue weighted by molar-refractivity contribution is 0.0571. The molecule has 0 aliphatic carbocycles. The number of aryl methyl sites for hydroxylation is 1. The van der Waals surface area contributed by atoms with Crippen molar-refractivity contribution in [3.05, 3.63) is 53.9 Å². The van der Waals surface area contributed by atoms with Crippen molar-refractivity contribution in [2.45, 2.75) is 24.6 Å². The lowest BCUT2D eigenvalue weighted by atomic mass is 9.83. The molecule has 2 fully saturated rings. The highest BCUT2D eigenvalue weighted by Gasteiger charge is 2.61. The van der Waals surface area contributed by atoms with E-state index in [9.17, 15) is 8.42 Å². The molecule has 2 aliphatic heterocycles. The largest absolute Gasteiger partial charge is 0.463 e. The van der Waals surface area contributed by atoms with Crippen molar-refractivity contribution >= 4 is 9.84 Å². The van der Waals surface area contributed by atoms with Gasteiger partial charge in [0.05, 0.1) is 12.4 Å². The Kier molecular flexibility index (Phi) is 4.44. The summed E-state index contributed by atoms with van der Waals surface area (Å²) >= 11 is 0. The van der Waals surface area contributed by atoms with Gasteiger partial charge in [-0.25, -0.2) is 18.4 Å².